The summed E-state index contributed by atoms with van der Waals surface area (Å²) < 4.78 is 11.2. The first-order valence-corrected chi connectivity index (χ1v) is 7.20. The van der Waals surface area contributed by atoms with Crippen LogP contribution >= 0.6 is 0 Å². The standard InChI is InChI=1S/C15H23N3O3/c1-15(2,3)21-14(19)18-9-5-6-11(10-18)20-13-12(16)7-4-8-17-13/h4,7-8,11H,5-6,9-10,16H2,1-3H3/t11-/m0/s1. The highest BCUT2D eigenvalue weighted by Gasteiger charge is 2.28. The van der Waals surface area contributed by atoms with E-state index in [0.717, 1.165) is 12.8 Å². The number of rotatable bonds is 2. The maximum Gasteiger partial charge on any atom is 0.410 e. The van der Waals surface area contributed by atoms with Crippen molar-refractivity contribution < 1.29 is 14.3 Å². The summed E-state index contributed by atoms with van der Waals surface area (Å²) in [6.45, 7) is 6.75. The second-order valence-electron chi connectivity index (χ2n) is 6.21. The Morgan fingerprint density at radius 1 is 1.48 bits per heavy atom. The number of piperidine rings is 1. The number of hydrogen-bond donors (Lipinski definition) is 1. The third-order valence-electron chi connectivity index (χ3n) is 3.11. The maximum atomic E-state index is 12.1. The molecule has 1 amide bonds. The van der Waals surface area contributed by atoms with E-state index in [4.69, 9.17) is 15.2 Å². The fraction of sp³-hybridized carbons (Fsp3) is 0.600. The summed E-state index contributed by atoms with van der Waals surface area (Å²) in [6.07, 6.45) is 2.97. The Balaban J connectivity index is 1.95. The Kier molecular flexibility index (Phi) is 4.55. The molecule has 2 N–H and O–H groups in total. The molecular weight excluding hydrogens is 270 g/mol. The van der Waals surface area contributed by atoms with Gasteiger partial charge in [-0.1, -0.05) is 0 Å². The molecule has 2 heterocycles. The number of ether oxygens (including phenoxy) is 2. The fourth-order valence-corrected chi connectivity index (χ4v) is 2.19. The molecular formula is C15H23N3O3. The van der Waals surface area contributed by atoms with E-state index in [2.05, 4.69) is 4.98 Å². The molecule has 116 valence electrons. The molecule has 0 aromatic carbocycles. The van der Waals surface area contributed by atoms with E-state index in [1.807, 2.05) is 20.8 Å². The lowest BCUT2D eigenvalue weighted by molar-refractivity contribution is 0.00733. The van der Waals surface area contributed by atoms with Gasteiger partial charge in [-0.15, -0.1) is 0 Å². The van der Waals surface area contributed by atoms with Crippen molar-refractivity contribution in [3.05, 3.63) is 18.3 Å². The van der Waals surface area contributed by atoms with Gasteiger partial charge in [-0.3, -0.25) is 0 Å². The number of pyridine rings is 1. The number of carbonyl (C=O) groups is 1. The van der Waals surface area contributed by atoms with Gasteiger partial charge in [-0.25, -0.2) is 9.78 Å². The molecule has 1 aromatic rings. The quantitative estimate of drug-likeness (QED) is 0.906. The van der Waals surface area contributed by atoms with Crippen molar-refractivity contribution in [3.63, 3.8) is 0 Å². The fourth-order valence-electron chi connectivity index (χ4n) is 2.19. The summed E-state index contributed by atoms with van der Waals surface area (Å²) in [7, 11) is 0. The first kappa shape index (κ1) is 15.4. The van der Waals surface area contributed by atoms with Crippen molar-refractivity contribution in [2.75, 3.05) is 18.8 Å². The molecule has 0 aliphatic carbocycles. The highest BCUT2D eigenvalue weighted by molar-refractivity contribution is 5.68. The van der Waals surface area contributed by atoms with E-state index in [-0.39, 0.29) is 12.2 Å². The first-order valence-electron chi connectivity index (χ1n) is 7.20. The van der Waals surface area contributed by atoms with Gasteiger partial charge in [0.05, 0.1) is 12.2 Å². The lowest BCUT2D eigenvalue weighted by Gasteiger charge is -2.34. The molecule has 1 atom stereocenters. The Bertz CT molecular complexity index is 499. The molecule has 6 nitrogen and oxygen atoms in total. The minimum absolute atomic E-state index is 0.108. The van der Waals surface area contributed by atoms with Crippen LogP contribution in [0.3, 0.4) is 0 Å². The van der Waals surface area contributed by atoms with Crippen LogP contribution in [-0.4, -0.2) is 40.8 Å². The number of carbonyl (C=O) groups excluding carboxylic acids is 1. The van der Waals surface area contributed by atoms with Gasteiger partial charge in [0.1, 0.15) is 11.7 Å². The van der Waals surface area contributed by atoms with Crippen molar-refractivity contribution in [1.82, 2.24) is 9.88 Å². The van der Waals surface area contributed by atoms with Crippen molar-refractivity contribution >= 4 is 11.8 Å². The molecule has 1 aliphatic rings. The number of hydrogen-bond acceptors (Lipinski definition) is 5. The summed E-state index contributed by atoms with van der Waals surface area (Å²) in [5.41, 5.74) is 5.84. The third-order valence-corrected chi connectivity index (χ3v) is 3.11. The topological polar surface area (TPSA) is 77.7 Å². The number of anilines is 1. The Hall–Kier alpha value is -1.98. The number of aromatic nitrogens is 1. The molecule has 1 saturated heterocycles. The van der Waals surface area contributed by atoms with Crippen LogP contribution in [0.1, 0.15) is 33.6 Å². The van der Waals surface area contributed by atoms with Gasteiger partial charge >= 0.3 is 6.09 Å². The van der Waals surface area contributed by atoms with E-state index in [1.54, 1.807) is 23.2 Å². The molecule has 0 bridgehead atoms. The molecule has 21 heavy (non-hydrogen) atoms. The zero-order valence-corrected chi connectivity index (χ0v) is 12.8. The molecule has 1 aromatic heterocycles. The van der Waals surface area contributed by atoms with E-state index in [1.165, 1.54) is 0 Å². The average Bonchev–Trinajstić information content (AvgIpc) is 2.40. The van der Waals surface area contributed by atoms with E-state index >= 15 is 0 Å². The number of nitrogen functional groups attached to an aromatic ring is 1. The number of nitrogens with two attached hydrogens (primary N) is 1. The number of nitrogens with zero attached hydrogens (tertiary/aromatic N) is 2. The lowest BCUT2D eigenvalue weighted by Crippen LogP contribution is -2.46. The summed E-state index contributed by atoms with van der Waals surface area (Å²) >= 11 is 0. The summed E-state index contributed by atoms with van der Waals surface area (Å²) in [5, 5.41) is 0. The second-order valence-corrected chi connectivity index (χ2v) is 6.21. The Morgan fingerprint density at radius 3 is 2.90 bits per heavy atom. The van der Waals surface area contributed by atoms with Gasteiger partial charge in [0, 0.05) is 12.7 Å². The van der Waals surface area contributed by atoms with E-state index in [9.17, 15) is 4.79 Å². The van der Waals surface area contributed by atoms with Crippen LogP contribution in [0.25, 0.3) is 0 Å². The van der Waals surface area contributed by atoms with Gasteiger partial charge in [0.2, 0.25) is 5.88 Å². The van der Waals surface area contributed by atoms with Crippen LogP contribution in [0.4, 0.5) is 10.5 Å². The summed E-state index contributed by atoms with van der Waals surface area (Å²) in [4.78, 5) is 17.9. The molecule has 2 rings (SSSR count). The average molecular weight is 293 g/mol. The molecule has 0 saturated carbocycles. The Morgan fingerprint density at radius 2 is 2.24 bits per heavy atom. The highest BCUT2D eigenvalue weighted by atomic mass is 16.6. The monoisotopic (exact) mass is 293 g/mol. The normalized spacial score (nSPS) is 19.2. The summed E-state index contributed by atoms with van der Waals surface area (Å²) in [6, 6.07) is 3.51. The predicted octanol–water partition coefficient (Wildman–Crippen LogP) is 2.44. The number of likely N-dealkylation sites (tertiary alicyclic amines) is 1. The van der Waals surface area contributed by atoms with Gasteiger partial charge in [0.25, 0.3) is 0 Å². The largest absolute Gasteiger partial charge is 0.471 e. The zero-order valence-electron chi connectivity index (χ0n) is 12.8. The number of amides is 1. The molecule has 1 fully saturated rings. The van der Waals surface area contributed by atoms with Gasteiger partial charge < -0.3 is 20.1 Å². The van der Waals surface area contributed by atoms with Crippen LogP contribution < -0.4 is 10.5 Å². The smallest absolute Gasteiger partial charge is 0.410 e. The molecule has 1 aliphatic heterocycles. The highest BCUT2D eigenvalue weighted by Crippen LogP contribution is 2.22. The van der Waals surface area contributed by atoms with E-state index < -0.39 is 5.60 Å². The molecule has 0 spiro atoms. The molecule has 0 radical (unpaired) electrons. The van der Waals surface area contributed by atoms with Gasteiger partial charge in [0.15, 0.2) is 0 Å². The van der Waals surface area contributed by atoms with Crippen LogP contribution in [0, 0.1) is 0 Å². The van der Waals surface area contributed by atoms with Crippen LogP contribution in [0.15, 0.2) is 18.3 Å². The van der Waals surface area contributed by atoms with Crippen LogP contribution in [0.2, 0.25) is 0 Å². The van der Waals surface area contributed by atoms with E-state index in [0.29, 0.717) is 24.7 Å². The second kappa shape index (κ2) is 6.20. The zero-order chi connectivity index (χ0) is 15.5. The Labute approximate surface area is 125 Å². The third kappa shape index (κ3) is 4.51. The van der Waals surface area contributed by atoms with Crippen LogP contribution in [0.5, 0.6) is 5.88 Å². The van der Waals surface area contributed by atoms with Gasteiger partial charge in [-0.2, -0.15) is 0 Å². The lowest BCUT2D eigenvalue weighted by atomic mass is 10.1. The maximum absolute atomic E-state index is 12.1. The SMILES string of the molecule is CC(C)(C)OC(=O)N1CCC[C@H](Oc2ncccc2N)C1. The summed E-state index contributed by atoms with van der Waals surface area (Å²) in [5.74, 6) is 0.425. The van der Waals surface area contributed by atoms with Crippen molar-refractivity contribution in [2.45, 2.75) is 45.3 Å². The first-order chi connectivity index (χ1) is 9.85. The van der Waals surface area contributed by atoms with Crippen molar-refractivity contribution in [2.24, 2.45) is 0 Å². The van der Waals surface area contributed by atoms with Crippen molar-refractivity contribution in [1.29, 1.82) is 0 Å². The van der Waals surface area contributed by atoms with Crippen LogP contribution in [-0.2, 0) is 4.74 Å². The van der Waals surface area contributed by atoms with Gasteiger partial charge in [-0.05, 0) is 45.7 Å². The molecule has 6 heteroatoms. The molecule has 0 unspecified atom stereocenters. The predicted molar refractivity (Wildman–Crippen MR) is 80.1 cm³/mol. The van der Waals surface area contributed by atoms with Crippen molar-refractivity contribution in [3.8, 4) is 5.88 Å². The minimum atomic E-state index is -0.490. The minimum Gasteiger partial charge on any atom is -0.471 e.